The lowest BCUT2D eigenvalue weighted by atomic mass is 10.00. The third-order valence-corrected chi connectivity index (χ3v) is 3.55. The molecule has 0 unspecified atom stereocenters. The van der Waals surface area contributed by atoms with Gasteiger partial charge in [0.2, 0.25) is 0 Å². The Bertz CT molecular complexity index is 313. The maximum absolute atomic E-state index is 9.80. The lowest BCUT2D eigenvalue weighted by Crippen LogP contribution is -2.24. The zero-order chi connectivity index (χ0) is 10.9. The second-order valence-corrected chi connectivity index (χ2v) is 4.57. The molecule has 0 aliphatic rings. The summed E-state index contributed by atoms with van der Waals surface area (Å²) in [5.41, 5.74) is 8.78. The van der Waals surface area contributed by atoms with E-state index in [0.29, 0.717) is 0 Å². The first kappa shape index (κ1) is 11.7. The third-order valence-electron chi connectivity index (χ3n) is 2.30. The van der Waals surface area contributed by atoms with Crippen LogP contribution in [0.1, 0.15) is 29.7 Å². The van der Waals surface area contributed by atoms with Crippen molar-refractivity contribution in [3.63, 3.8) is 0 Å². The van der Waals surface area contributed by atoms with Crippen molar-refractivity contribution in [3.05, 3.63) is 33.3 Å². The molecule has 0 aliphatic carbocycles. The summed E-state index contributed by atoms with van der Waals surface area (Å²) in [6.45, 7) is 5.82. The third kappa shape index (κ3) is 2.35. The van der Waals surface area contributed by atoms with Gasteiger partial charge in [-0.15, -0.1) is 0 Å². The quantitative estimate of drug-likeness (QED) is 0.855. The fraction of sp³-hybridized carbons (Fsp3) is 0.455. The predicted octanol–water partition coefficient (Wildman–Crippen LogP) is 2.45. The van der Waals surface area contributed by atoms with Crippen molar-refractivity contribution in [2.75, 3.05) is 0 Å². The van der Waals surface area contributed by atoms with Gasteiger partial charge in [-0.1, -0.05) is 28.1 Å². The van der Waals surface area contributed by atoms with Gasteiger partial charge in [0, 0.05) is 10.5 Å². The van der Waals surface area contributed by atoms with E-state index in [0.717, 1.165) is 21.2 Å². The van der Waals surface area contributed by atoms with Crippen LogP contribution in [0.15, 0.2) is 16.6 Å². The molecular formula is C11H16BrNO. The molecule has 78 valence electrons. The molecule has 0 saturated carbocycles. The van der Waals surface area contributed by atoms with Crippen molar-refractivity contribution in [1.29, 1.82) is 0 Å². The summed E-state index contributed by atoms with van der Waals surface area (Å²) in [4.78, 5) is 0. The number of rotatable bonds is 2. The largest absolute Gasteiger partial charge is 0.387 e. The van der Waals surface area contributed by atoms with Gasteiger partial charge in [0.1, 0.15) is 0 Å². The molecule has 0 aliphatic heterocycles. The molecule has 3 heteroatoms. The molecule has 14 heavy (non-hydrogen) atoms. The molecule has 0 bridgehead atoms. The van der Waals surface area contributed by atoms with E-state index < -0.39 is 6.10 Å². The topological polar surface area (TPSA) is 46.2 Å². The molecule has 1 aromatic carbocycles. The fourth-order valence-corrected chi connectivity index (χ4v) is 1.68. The van der Waals surface area contributed by atoms with Gasteiger partial charge in [0.05, 0.1) is 6.10 Å². The van der Waals surface area contributed by atoms with E-state index in [1.807, 2.05) is 26.0 Å². The highest BCUT2D eigenvalue weighted by atomic mass is 79.9. The zero-order valence-electron chi connectivity index (χ0n) is 8.71. The van der Waals surface area contributed by atoms with E-state index in [9.17, 15) is 5.11 Å². The fourth-order valence-electron chi connectivity index (χ4n) is 1.45. The molecule has 0 amide bonds. The lowest BCUT2D eigenvalue weighted by molar-refractivity contribution is 0.153. The monoisotopic (exact) mass is 257 g/mol. The van der Waals surface area contributed by atoms with Crippen molar-refractivity contribution in [2.24, 2.45) is 5.73 Å². The summed E-state index contributed by atoms with van der Waals surface area (Å²) in [6, 6.07) is 3.69. The highest BCUT2D eigenvalue weighted by Crippen LogP contribution is 2.26. The summed E-state index contributed by atoms with van der Waals surface area (Å²) in [6.07, 6.45) is -0.583. The summed E-state index contributed by atoms with van der Waals surface area (Å²) < 4.78 is 1.10. The maximum Gasteiger partial charge on any atom is 0.0938 e. The van der Waals surface area contributed by atoms with Crippen molar-refractivity contribution in [2.45, 2.75) is 32.9 Å². The standard InChI is InChI=1S/C11H16BrNO/c1-6-4-9(11(14)8(3)13)5-7(2)10(6)12/h4-5,8,11,14H,13H2,1-3H3/t8-,11-/m1/s1. The van der Waals surface area contributed by atoms with Gasteiger partial charge in [-0.05, 0) is 37.5 Å². The number of aryl methyl sites for hydroxylation is 2. The van der Waals surface area contributed by atoms with Gasteiger partial charge in [-0.2, -0.15) is 0 Å². The smallest absolute Gasteiger partial charge is 0.0938 e. The first-order valence-electron chi connectivity index (χ1n) is 4.63. The Hall–Kier alpha value is -0.380. The molecule has 1 rings (SSSR count). The minimum atomic E-state index is -0.583. The first-order valence-corrected chi connectivity index (χ1v) is 5.43. The molecule has 0 fully saturated rings. The van der Waals surface area contributed by atoms with Crippen LogP contribution in [-0.4, -0.2) is 11.1 Å². The average molecular weight is 258 g/mol. The van der Waals surface area contributed by atoms with Crippen LogP contribution in [0.25, 0.3) is 0 Å². The average Bonchev–Trinajstić information content (AvgIpc) is 2.12. The molecule has 0 heterocycles. The van der Waals surface area contributed by atoms with Crippen molar-refractivity contribution >= 4 is 15.9 Å². The van der Waals surface area contributed by atoms with Gasteiger partial charge in [0.25, 0.3) is 0 Å². The van der Waals surface area contributed by atoms with Crippen LogP contribution in [0.5, 0.6) is 0 Å². The highest BCUT2D eigenvalue weighted by molar-refractivity contribution is 9.10. The van der Waals surface area contributed by atoms with Crippen molar-refractivity contribution in [3.8, 4) is 0 Å². The molecule has 0 radical (unpaired) electrons. The number of nitrogens with two attached hydrogens (primary N) is 1. The lowest BCUT2D eigenvalue weighted by Gasteiger charge is -2.17. The van der Waals surface area contributed by atoms with Gasteiger partial charge in [0.15, 0.2) is 0 Å². The van der Waals surface area contributed by atoms with E-state index in [2.05, 4.69) is 15.9 Å². The van der Waals surface area contributed by atoms with Gasteiger partial charge < -0.3 is 10.8 Å². The van der Waals surface area contributed by atoms with E-state index in [1.54, 1.807) is 6.92 Å². The summed E-state index contributed by atoms with van der Waals surface area (Å²) >= 11 is 3.49. The predicted molar refractivity (Wildman–Crippen MR) is 62.2 cm³/mol. The van der Waals surface area contributed by atoms with Crippen LogP contribution in [-0.2, 0) is 0 Å². The number of aliphatic hydroxyl groups is 1. The Kier molecular flexibility index (Phi) is 3.70. The Morgan fingerprint density at radius 1 is 1.29 bits per heavy atom. The van der Waals surface area contributed by atoms with Gasteiger partial charge in [-0.25, -0.2) is 0 Å². The second-order valence-electron chi connectivity index (χ2n) is 3.77. The van der Waals surface area contributed by atoms with Crippen LogP contribution >= 0.6 is 15.9 Å². The van der Waals surface area contributed by atoms with E-state index >= 15 is 0 Å². The summed E-state index contributed by atoms with van der Waals surface area (Å²) in [7, 11) is 0. The molecular weight excluding hydrogens is 242 g/mol. The zero-order valence-corrected chi connectivity index (χ0v) is 10.3. The number of hydrogen-bond donors (Lipinski definition) is 2. The van der Waals surface area contributed by atoms with E-state index in [-0.39, 0.29) is 6.04 Å². The minimum Gasteiger partial charge on any atom is -0.387 e. The van der Waals surface area contributed by atoms with Crippen LogP contribution in [0, 0.1) is 13.8 Å². The Labute approximate surface area is 93.3 Å². The number of halogens is 1. The Morgan fingerprint density at radius 3 is 2.07 bits per heavy atom. The second kappa shape index (κ2) is 4.43. The van der Waals surface area contributed by atoms with Crippen molar-refractivity contribution < 1.29 is 5.11 Å². The van der Waals surface area contributed by atoms with E-state index in [1.165, 1.54) is 0 Å². The SMILES string of the molecule is Cc1cc([C@H](O)[C@@H](C)N)cc(C)c1Br. The molecule has 1 aromatic rings. The molecule has 3 N–H and O–H groups in total. The van der Waals surface area contributed by atoms with Crippen LogP contribution in [0.3, 0.4) is 0 Å². The molecule has 0 spiro atoms. The molecule has 0 saturated heterocycles. The normalized spacial score (nSPS) is 15.3. The highest BCUT2D eigenvalue weighted by Gasteiger charge is 2.14. The number of hydrogen-bond acceptors (Lipinski definition) is 2. The minimum absolute atomic E-state index is 0.241. The Morgan fingerprint density at radius 2 is 1.71 bits per heavy atom. The summed E-state index contributed by atoms with van der Waals surface area (Å²) in [5, 5.41) is 9.80. The van der Waals surface area contributed by atoms with Crippen LogP contribution in [0.2, 0.25) is 0 Å². The molecule has 0 aromatic heterocycles. The van der Waals surface area contributed by atoms with Crippen LogP contribution in [0.4, 0.5) is 0 Å². The number of aliphatic hydroxyl groups excluding tert-OH is 1. The first-order chi connectivity index (χ1) is 6.43. The van der Waals surface area contributed by atoms with Crippen LogP contribution < -0.4 is 5.73 Å². The molecule has 2 nitrogen and oxygen atoms in total. The number of benzene rings is 1. The molecule has 2 atom stereocenters. The Balaban J connectivity index is 3.12. The van der Waals surface area contributed by atoms with E-state index in [4.69, 9.17) is 5.73 Å². The van der Waals surface area contributed by atoms with Crippen molar-refractivity contribution in [1.82, 2.24) is 0 Å². The van der Waals surface area contributed by atoms with Gasteiger partial charge >= 0.3 is 0 Å². The van der Waals surface area contributed by atoms with Gasteiger partial charge in [-0.3, -0.25) is 0 Å². The maximum atomic E-state index is 9.80. The summed E-state index contributed by atoms with van der Waals surface area (Å²) in [5.74, 6) is 0.